The van der Waals surface area contributed by atoms with Gasteiger partial charge in [-0.25, -0.2) is 0 Å². The molecule has 1 aliphatic rings. The van der Waals surface area contributed by atoms with Crippen LogP contribution in [0.15, 0.2) is 66.7 Å². The zero-order valence-electron chi connectivity index (χ0n) is 17.8. The Hall–Kier alpha value is -3.64. The number of anilines is 4. The molecule has 0 saturated carbocycles. The molecule has 0 spiro atoms. The highest BCUT2D eigenvalue weighted by atomic mass is 16.2. The second kappa shape index (κ2) is 8.62. The number of aryl methyl sites for hydroxylation is 2. The lowest BCUT2D eigenvalue weighted by Crippen LogP contribution is -2.35. The smallest absolute Gasteiger partial charge is 0.255 e. The van der Waals surface area contributed by atoms with E-state index in [1.807, 2.05) is 55.4 Å². The van der Waals surface area contributed by atoms with E-state index in [1.165, 1.54) is 0 Å². The molecule has 0 atom stereocenters. The van der Waals surface area contributed by atoms with Gasteiger partial charge in [-0.3, -0.25) is 14.5 Å². The number of nitrogens with zero attached hydrogens (tertiary/aromatic N) is 2. The Bertz CT molecular complexity index is 1120. The molecule has 0 unspecified atom stereocenters. The number of benzene rings is 3. The van der Waals surface area contributed by atoms with E-state index in [2.05, 4.69) is 11.4 Å². The largest absolute Gasteiger partial charge is 0.399 e. The van der Waals surface area contributed by atoms with Crippen LogP contribution in [-0.4, -0.2) is 37.4 Å². The average Bonchev–Trinajstić information content (AvgIpc) is 2.90. The average molecular weight is 415 g/mol. The molecular formula is C25H26N4O2. The van der Waals surface area contributed by atoms with Crippen molar-refractivity contribution in [1.82, 2.24) is 4.90 Å². The Morgan fingerprint density at radius 2 is 1.61 bits per heavy atom. The lowest BCUT2D eigenvalue weighted by atomic mass is 10.0. The van der Waals surface area contributed by atoms with Gasteiger partial charge >= 0.3 is 0 Å². The van der Waals surface area contributed by atoms with E-state index in [-0.39, 0.29) is 18.4 Å². The van der Waals surface area contributed by atoms with Gasteiger partial charge in [-0.2, -0.15) is 0 Å². The topological polar surface area (TPSA) is 78.7 Å². The van der Waals surface area contributed by atoms with Crippen LogP contribution in [0.1, 0.15) is 21.5 Å². The summed E-state index contributed by atoms with van der Waals surface area (Å²) in [7, 11) is 3.76. The predicted molar refractivity (Wildman–Crippen MR) is 125 cm³/mol. The normalized spacial score (nSPS) is 12.7. The highest BCUT2D eigenvalue weighted by Crippen LogP contribution is 2.37. The number of nitrogen functional groups attached to an aromatic ring is 1. The van der Waals surface area contributed by atoms with Gasteiger partial charge in [0, 0.05) is 16.9 Å². The number of hydrogen-bond donors (Lipinski definition) is 2. The number of fused-ring (bicyclic) bond motifs is 2. The molecule has 0 saturated heterocycles. The zero-order chi connectivity index (χ0) is 22.0. The van der Waals surface area contributed by atoms with E-state index in [0.717, 1.165) is 35.3 Å². The van der Waals surface area contributed by atoms with Gasteiger partial charge in [0.1, 0.15) is 0 Å². The van der Waals surface area contributed by atoms with Crippen LogP contribution in [0.2, 0.25) is 0 Å². The van der Waals surface area contributed by atoms with E-state index in [9.17, 15) is 9.59 Å². The van der Waals surface area contributed by atoms with Crippen molar-refractivity contribution >= 4 is 34.6 Å². The third kappa shape index (κ3) is 4.44. The summed E-state index contributed by atoms with van der Waals surface area (Å²) in [6.07, 6.45) is 1.68. The van der Waals surface area contributed by atoms with Crippen LogP contribution in [0, 0.1) is 0 Å². The summed E-state index contributed by atoms with van der Waals surface area (Å²) in [6.45, 7) is 0.287. The minimum Gasteiger partial charge on any atom is -0.399 e. The van der Waals surface area contributed by atoms with E-state index in [4.69, 9.17) is 5.73 Å². The van der Waals surface area contributed by atoms with Crippen LogP contribution in [0.4, 0.5) is 22.7 Å². The third-order valence-electron chi connectivity index (χ3n) is 5.35. The minimum absolute atomic E-state index is 0.0115. The Morgan fingerprint density at radius 1 is 0.935 bits per heavy atom. The highest BCUT2D eigenvalue weighted by Gasteiger charge is 2.26. The summed E-state index contributed by atoms with van der Waals surface area (Å²) >= 11 is 0. The molecule has 3 aromatic rings. The van der Waals surface area contributed by atoms with Crippen LogP contribution in [0.3, 0.4) is 0 Å². The first-order valence-electron chi connectivity index (χ1n) is 10.3. The van der Waals surface area contributed by atoms with Gasteiger partial charge in [-0.05, 0) is 80.5 Å². The SMILES string of the molecule is CN(C)CC(=O)N1c2ccccc2CCc2ccc(NC(=O)c3ccc(N)cc3)cc21. The van der Waals surface area contributed by atoms with E-state index in [1.54, 1.807) is 29.2 Å². The second-order valence-electron chi connectivity index (χ2n) is 8.02. The van der Waals surface area contributed by atoms with Crippen molar-refractivity contribution in [3.8, 4) is 0 Å². The minimum atomic E-state index is -0.222. The van der Waals surface area contributed by atoms with Gasteiger partial charge in [0.15, 0.2) is 0 Å². The first-order valence-corrected chi connectivity index (χ1v) is 10.3. The first kappa shape index (κ1) is 20.6. The maximum atomic E-state index is 13.3. The first-order chi connectivity index (χ1) is 14.9. The molecule has 1 aliphatic heterocycles. The number of rotatable bonds is 4. The predicted octanol–water partition coefficient (Wildman–Crippen LogP) is 3.85. The summed E-state index contributed by atoms with van der Waals surface area (Å²) in [5.41, 5.74) is 11.4. The fraction of sp³-hybridized carbons (Fsp3) is 0.200. The number of amides is 2. The van der Waals surface area contributed by atoms with Crippen LogP contribution in [-0.2, 0) is 17.6 Å². The molecule has 31 heavy (non-hydrogen) atoms. The molecule has 3 aromatic carbocycles. The quantitative estimate of drug-likeness (QED) is 0.636. The van der Waals surface area contributed by atoms with Crippen LogP contribution >= 0.6 is 0 Å². The fourth-order valence-electron chi connectivity index (χ4n) is 3.85. The standard InChI is InChI=1S/C25H26N4O2/c1-28(2)16-24(30)29-22-6-4-3-5-17(22)7-8-18-11-14-21(15-23(18)29)27-25(31)19-9-12-20(26)13-10-19/h3-6,9-15H,7-8,16,26H2,1-2H3,(H,27,31). The third-order valence-corrected chi connectivity index (χ3v) is 5.35. The Labute approximate surface area is 182 Å². The lowest BCUT2D eigenvalue weighted by molar-refractivity contribution is -0.118. The Kier molecular flexibility index (Phi) is 5.73. The number of likely N-dealkylation sites (N-methyl/N-ethyl adjacent to an activating group) is 1. The van der Waals surface area contributed by atoms with Crippen molar-refractivity contribution in [3.05, 3.63) is 83.4 Å². The van der Waals surface area contributed by atoms with Crippen molar-refractivity contribution in [2.24, 2.45) is 0 Å². The molecule has 0 fully saturated rings. The number of nitrogens with two attached hydrogens (primary N) is 1. The Balaban J connectivity index is 1.72. The summed E-state index contributed by atoms with van der Waals surface area (Å²) in [6, 6.07) is 20.6. The van der Waals surface area contributed by atoms with E-state index >= 15 is 0 Å². The summed E-state index contributed by atoms with van der Waals surface area (Å²) in [4.78, 5) is 29.6. The summed E-state index contributed by atoms with van der Waals surface area (Å²) in [5.74, 6) is -0.234. The molecular weight excluding hydrogens is 388 g/mol. The van der Waals surface area contributed by atoms with Crippen LogP contribution in [0.5, 0.6) is 0 Å². The fourth-order valence-corrected chi connectivity index (χ4v) is 3.85. The number of para-hydroxylation sites is 1. The van der Waals surface area contributed by atoms with E-state index < -0.39 is 0 Å². The molecule has 0 bridgehead atoms. The lowest BCUT2D eigenvalue weighted by Gasteiger charge is -2.27. The monoisotopic (exact) mass is 414 g/mol. The number of carbonyl (C=O) groups excluding carboxylic acids is 2. The van der Waals surface area contributed by atoms with Gasteiger partial charge in [0.25, 0.3) is 5.91 Å². The van der Waals surface area contributed by atoms with Crippen molar-refractivity contribution in [1.29, 1.82) is 0 Å². The van der Waals surface area contributed by atoms with Crippen LogP contribution in [0.25, 0.3) is 0 Å². The highest BCUT2D eigenvalue weighted by molar-refractivity contribution is 6.06. The molecule has 3 N–H and O–H groups in total. The molecule has 0 aromatic heterocycles. The molecule has 4 rings (SSSR count). The molecule has 6 nitrogen and oxygen atoms in total. The van der Waals surface area contributed by atoms with Crippen molar-refractivity contribution in [2.45, 2.75) is 12.8 Å². The van der Waals surface area contributed by atoms with Gasteiger partial charge < -0.3 is 16.0 Å². The van der Waals surface area contributed by atoms with Gasteiger partial charge in [0.2, 0.25) is 5.91 Å². The number of hydrogen-bond acceptors (Lipinski definition) is 4. The van der Waals surface area contributed by atoms with Gasteiger partial charge in [-0.15, -0.1) is 0 Å². The number of carbonyl (C=O) groups is 2. The van der Waals surface area contributed by atoms with Crippen LogP contribution < -0.4 is 16.0 Å². The molecule has 0 aliphatic carbocycles. The maximum absolute atomic E-state index is 13.3. The van der Waals surface area contributed by atoms with Gasteiger partial charge in [0.05, 0.1) is 17.9 Å². The maximum Gasteiger partial charge on any atom is 0.255 e. The zero-order valence-corrected chi connectivity index (χ0v) is 17.8. The molecule has 158 valence electrons. The van der Waals surface area contributed by atoms with Crippen molar-refractivity contribution in [2.75, 3.05) is 36.6 Å². The van der Waals surface area contributed by atoms with Crippen molar-refractivity contribution < 1.29 is 9.59 Å². The molecule has 1 heterocycles. The Morgan fingerprint density at radius 3 is 2.32 bits per heavy atom. The molecule has 2 amide bonds. The van der Waals surface area contributed by atoms with Gasteiger partial charge in [-0.1, -0.05) is 24.3 Å². The second-order valence-corrected chi connectivity index (χ2v) is 8.02. The molecule has 0 radical (unpaired) electrons. The summed E-state index contributed by atoms with van der Waals surface area (Å²) < 4.78 is 0. The number of nitrogens with one attached hydrogen (secondary N) is 1. The van der Waals surface area contributed by atoms with Crippen molar-refractivity contribution in [3.63, 3.8) is 0 Å². The molecule has 6 heteroatoms. The summed E-state index contributed by atoms with van der Waals surface area (Å²) in [5, 5.41) is 2.94. The van der Waals surface area contributed by atoms with E-state index in [0.29, 0.717) is 16.9 Å².